The average Bonchev–Trinajstić information content (AvgIpc) is 2.39. The fourth-order valence-corrected chi connectivity index (χ4v) is 1.92. The lowest BCUT2D eigenvalue weighted by atomic mass is 10.2. The molecule has 2 N–H and O–H groups in total. The Balaban J connectivity index is 2.22. The first-order chi connectivity index (χ1) is 9.04. The number of hydrogen-bond acceptors (Lipinski definition) is 3. The van der Waals surface area contributed by atoms with Crippen LogP contribution in [-0.2, 0) is 9.09 Å². The third kappa shape index (κ3) is 4.50. The highest BCUT2D eigenvalue weighted by atomic mass is 31.2. The minimum absolute atomic E-state index is 0.463. The summed E-state index contributed by atoms with van der Waals surface area (Å²) in [6.07, 6.45) is -1.16. The van der Waals surface area contributed by atoms with Crippen molar-refractivity contribution in [2.45, 2.75) is 6.29 Å². The van der Waals surface area contributed by atoms with Crippen LogP contribution >= 0.6 is 7.82 Å². The van der Waals surface area contributed by atoms with Gasteiger partial charge in [0.25, 0.3) is 0 Å². The zero-order valence-corrected chi connectivity index (χ0v) is 10.8. The molecule has 6 heteroatoms. The summed E-state index contributed by atoms with van der Waals surface area (Å²) in [4.78, 5) is 17.9. The summed E-state index contributed by atoms with van der Waals surface area (Å²) in [5, 5.41) is 0. The molecule has 0 fully saturated rings. The van der Waals surface area contributed by atoms with Crippen LogP contribution in [0.1, 0.15) is 11.9 Å². The summed E-state index contributed by atoms with van der Waals surface area (Å²) >= 11 is 0. The van der Waals surface area contributed by atoms with Crippen LogP contribution in [0.3, 0.4) is 0 Å². The quantitative estimate of drug-likeness (QED) is 0.650. The van der Waals surface area contributed by atoms with E-state index in [1.54, 1.807) is 54.6 Å². The van der Waals surface area contributed by atoms with Gasteiger partial charge >= 0.3 is 7.82 Å². The van der Waals surface area contributed by atoms with Gasteiger partial charge in [-0.2, -0.15) is 0 Å². The van der Waals surface area contributed by atoms with E-state index in [-0.39, 0.29) is 0 Å². The fourth-order valence-electron chi connectivity index (χ4n) is 1.51. The minimum Gasteiger partial charge on any atom is -0.460 e. The van der Waals surface area contributed by atoms with Crippen LogP contribution in [0.4, 0.5) is 0 Å². The van der Waals surface area contributed by atoms with Gasteiger partial charge in [-0.1, -0.05) is 48.5 Å². The van der Waals surface area contributed by atoms with Crippen LogP contribution in [0.15, 0.2) is 60.7 Å². The second-order valence-electron chi connectivity index (χ2n) is 3.77. The molecular weight excluding hydrogens is 267 g/mol. The van der Waals surface area contributed by atoms with Gasteiger partial charge in [-0.05, 0) is 12.1 Å². The van der Waals surface area contributed by atoms with Gasteiger partial charge in [0, 0.05) is 5.56 Å². The molecule has 1 unspecified atom stereocenters. The number of phosphoric acid groups is 1. The molecular formula is C13H13O5P. The van der Waals surface area contributed by atoms with E-state index in [9.17, 15) is 4.57 Å². The van der Waals surface area contributed by atoms with Crippen LogP contribution in [0.5, 0.6) is 5.75 Å². The Labute approximate surface area is 110 Å². The third-order valence-electron chi connectivity index (χ3n) is 2.29. The zero-order chi connectivity index (χ0) is 13.7. The fraction of sp³-hybridized carbons (Fsp3) is 0.0769. The predicted molar refractivity (Wildman–Crippen MR) is 69.4 cm³/mol. The SMILES string of the molecule is O=P(O)(O)OC(Oc1ccccc1)c1ccccc1. The molecule has 0 aromatic heterocycles. The molecule has 0 amide bonds. The smallest absolute Gasteiger partial charge is 0.460 e. The first kappa shape index (κ1) is 13.8. The summed E-state index contributed by atoms with van der Waals surface area (Å²) in [5.74, 6) is 0.463. The molecule has 0 aliphatic rings. The van der Waals surface area contributed by atoms with Gasteiger partial charge in [0.05, 0.1) is 0 Å². The largest absolute Gasteiger partial charge is 0.473 e. The highest BCUT2D eigenvalue weighted by Crippen LogP contribution is 2.42. The van der Waals surface area contributed by atoms with E-state index in [1.165, 1.54) is 0 Å². The molecule has 0 aliphatic carbocycles. The first-order valence-corrected chi connectivity index (χ1v) is 7.08. The van der Waals surface area contributed by atoms with E-state index in [1.807, 2.05) is 6.07 Å². The molecule has 5 nitrogen and oxygen atoms in total. The topological polar surface area (TPSA) is 76.0 Å². The maximum absolute atomic E-state index is 11.0. The van der Waals surface area contributed by atoms with Gasteiger partial charge in [0.1, 0.15) is 5.75 Å². The van der Waals surface area contributed by atoms with Crippen molar-refractivity contribution in [1.29, 1.82) is 0 Å². The second-order valence-corrected chi connectivity index (χ2v) is 4.96. The highest BCUT2D eigenvalue weighted by Gasteiger charge is 2.25. The van der Waals surface area contributed by atoms with Crippen molar-refractivity contribution in [2.24, 2.45) is 0 Å². The number of ether oxygens (including phenoxy) is 1. The van der Waals surface area contributed by atoms with Gasteiger partial charge < -0.3 is 14.5 Å². The van der Waals surface area contributed by atoms with Crippen LogP contribution in [0.2, 0.25) is 0 Å². The third-order valence-corrected chi connectivity index (χ3v) is 2.76. The molecule has 2 aromatic rings. The summed E-state index contributed by atoms with van der Waals surface area (Å²) in [6, 6.07) is 17.3. The molecule has 100 valence electrons. The van der Waals surface area contributed by atoms with Crippen molar-refractivity contribution >= 4 is 7.82 Å². The van der Waals surface area contributed by atoms with E-state index in [2.05, 4.69) is 4.52 Å². The number of hydrogen-bond donors (Lipinski definition) is 2. The molecule has 1 atom stereocenters. The van der Waals surface area contributed by atoms with Gasteiger partial charge in [0.15, 0.2) is 0 Å². The Morgan fingerprint density at radius 3 is 1.95 bits per heavy atom. The summed E-state index contributed by atoms with van der Waals surface area (Å²) < 4.78 is 21.1. The Morgan fingerprint density at radius 1 is 0.895 bits per heavy atom. The molecule has 0 radical (unpaired) electrons. The van der Waals surface area contributed by atoms with Crippen molar-refractivity contribution in [2.75, 3.05) is 0 Å². The van der Waals surface area contributed by atoms with Crippen molar-refractivity contribution < 1.29 is 23.6 Å². The Bertz CT molecular complexity index is 552. The van der Waals surface area contributed by atoms with Crippen LogP contribution < -0.4 is 4.74 Å². The second kappa shape index (κ2) is 5.99. The molecule has 19 heavy (non-hydrogen) atoms. The van der Waals surface area contributed by atoms with Gasteiger partial charge in [-0.25, -0.2) is 9.09 Å². The van der Waals surface area contributed by atoms with Crippen molar-refractivity contribution in [3.05, 3.63) is 66.2 Å². The monoisotopic (exact) mass is 280 g/mol. The summed E-state index contributed by atoms with van der Waals surface area (Å²) in [7, 11) is -4.65. The molecule has 0 heterocycles. The van der Waals surface area contributed by atoms with Crippen molar-refractivity contribution in [1.82, 2.24) is 0 Å². The predicted octanol–water partition coefficient (Wildman–Crippen LogP) is 2.87. The normalized spacial score (nSPS) is 12.9. The van der Waals surface area contributed by atoms with Crippen LogP contribution in [0.25, 0.3) is 0 Å². The Kier molecular flexibility index (Phi) is 4.35. The maximum Gasteiger partial charge on any atom is 0.473 e. The molecule has 0 saturated heterocycles. The maximum atomic E-state index is 11.0. The van der Waals surface area contributed by atoms with Crippen LogP contribution in [0, 0.1) is 0 Å². The van der Waals surface area contributed by atoms with E-state index >= 15 is 0 Å². The zero-order valence-electron chi connectivity index (χ0n) is 9.92. The van der Waals surface area contributed by atoms with Gasteiger partial charge in [-0.3, -0.25) is 0 Å². The van der Waals surface area contributed by atoms with Crippen molar-refractivity contribution in [3.8, 4) is 5.75 Å². The molecule has 0 aliphatic heterocycles. The van der Waals surface area contributed by atoms with Gasteiger partial charge in [-0.15, -0.1) is 0 Å². The van der Waals surface area contributed by atoms with Crippen LogP contribution in [-0.4, -0.2) is 9.79 Å². The van der Waals surface area contributed by atoms with E-state index in [4.69, 9.17) is 14.5 Å². The van der Waals surface area contributed by atoms with E-state index in [0.29, 0.717) is 11.3 Å². The van der Waals surface area contributed by atoms with Crippen molar-refractivity contribution in [3.63, 3.8) is 0 Å². The van der Waals surface area contributed by atoms with E-state index < -0.39 is 14.1 Å². The lowest BCUT2D eigenvalue weighted by Gasteiger charge is -2.20. The summed E-state index contributed by atoms with van der Waals surface area (Å²) in [5.41, 5.74) is 0.523. The molecule has 0 bridgehead atoms. The number of rotatable bonds is 5. The number of benzene rings is 2. The number of para-hydroxylation sites is 1. The average molecular weight is 280 g/mol. The van der Waals surface area contributed by atoms with E-state index in [0.717, 1.165) is 0 Å². The lowest BCUT2D eigenvalue weighted by molar-refractivity contribution is -0.0179. The minimum atomic E-state index is -4.65. The standard InChI is InChI=1S/C13H13O5P/c14-19(15,16)18-13(11-7-3-1-4-8-11)17-12-9-5-2-6-10-12/h1-10,13H,(H2,14,15,16). The summed E-state index contributed by atoms with van der Waals surface area (Å²) in [6.45, 7) is 0. The Hall–Kier alpha value is -1.65. The highest BCUT2D eigenvalue weighted by molar-refractivity contribution is 7.46. The first-order valence-electron chi connectivity index (χ1n) is 5.55. The van der Waals surface area contributed by atoms with Gasteiger partial charge in [0.2, 0.25) is 6.29 Å². The molecule has 2 aromatic carbocycles. The molecule has 0 spiro atoms. The molecule has 2 rings (SSSR count). The lowest BCUT2D eigenvalue weighted by Crippen LogP contribution is -2.10. The Morgan fingerprint density at radius 2 is 1.42 bits per heavy atom. The number of phosphoric ester groups is 1. The molecule has 0 saturated carbocycles.